The van der Waals surface area contributed by atoms with E-state index in [1.54, 1.807) is 5.57 Å². The number of hydrogen-bond acceptors (Lipinski definition) is 4. The van der Waals surface area contributed by atoms with Gasteiger partial charge in [-0.25, -0.2) is 0 Å². The highest BCUT2D eigenvalue weighted by Gasteiger charge is 2.59. The molecular formula is C23H36N2O2. The van der Waals surface area contributed by atoms with Crippen LogP contribution in [0.3, 0.4) is 0 Å². The van der Waals surface area contributed by atoms with E-state index in [0.717, 1.165) is 36.3 Å². The Kier molecular flexibility index (Phi) is 4.99. The molecule has 0 aromatic heterocycles. The van der Waals surface area contributed by atoms with Gasteiger partial charge in [0, 0.05) is 12.5 Å². The van der Waals surface area contributed by atoms with E-state index >= 15 is 0 Å². The second kappa shape index (κ2) is 7.02. The van der Waals surface area contributed by atoms with Crippen molar-refractivity contribution in [2.45, 2.75) is 72.1 Å². The first-order valence-electron chi connectivity index (χ1n) is 11.0. The van der Waals surface area contributed by atoms with Gasteiger partial charge in [-0.1, -0.05) is 24.6 Å². The Bertz CT molecular complexity index is 669. The van der Waals surface area contributed by atoms with Gasteiger partial charge in [-0.3, -0.25) is 4.79 Å². The molecule has 150 valence electrons. The van der Waals surface area contributed by atoms with Crippen LogP contribution in [0.2, 0.25) is 0 Å². The van der Waals surface area contributed by atoms with E-state index in [1.165, 1.54) is 38.5 Å². The molecule has 0 aliphatic heterocycles. The third-order valence-corrected chi connectivity index (χ3v) is 8.86. The Hall–Kier alpha value is -1.16. The van der Waals surface area contributed by atoms with Gasteiger partial charge in [-0.05, 0) is 93.0 Å². The van der Waals surface area contributed by atoms with Crippen LogP contribution < -0.4 is 5.73 Å². The summed E-state index contributed by atoms with van der Waals surface area (Å²) >= 11 is 0. The topological polar surface area (TPSA) is 64.7 Å². The minimum absolute atomic E-state index is 0.252. The zero-order chi connectivity index (χ0) is 19.2. The van der Waals surface area contributed by atoms with Crippen LogP contribution in [-0.2, 0) is 9.63 Å². The molecule has 27 heavy (non-hydrogen) atoms. The molecule has 4 aliphatic rings. The van der Waals surface area contributed by atoms with Crippen LogP contribution in [0, 0.1) is 34.5 Å². The highest BCUT2D eigenvalue weighted by molar-refractivity contribution is 5.96. The van der Waals surface area contributed by atoms with Crippen molar-refractivity contribution in [2.24, 2.45) is 45.4 Å². The fourth-order valence-electron chi connectivity index (χ4n) is 7.49. The fourth-order valence-corrected chi connectivity index (χ4v) is 7.49. The molecule has 0 unspecified atom stereocenters. The van der Waals surface area contributed by atoms with E-state index in [9.17, 15) is 4.79 Å². The lowest BCUT2D eigenvalue weighted by Gasteiger charge is -2.58. The lowest BCUT2D eigenvalue weighted by atomic mass is 9.46. The first-order chi connectivity index (χ1) is 12.9. The van der Waals surface area contributed by atoms with E-state index in [-0.39, 0.29) is 5.41 Å². The number of carbonyl (C=O) groups excluding carboxylic acids is 1. The summed E-state index contributed by atoms with van der Waals surface area (Å²) in [7, 11) is 0. The molecule has 0 radical (unpaired) electrons. The Morgan fingerprint density at radius 1 is 1.19 bits per heavy atom. The molecule has 2 N–H and O–H groups in total. The van der Waals surface area contributed by atoms with Gasteiger partial charge in [0.1, 0.15) is 12.4 Å². The summed E-state index contributed by atoms with van der Waals surface area (Å²) in [6.07, 6.45) is 11.9. The van der Waals surface area contributed by atoms with Crippen molar-refractivity contribution in [1.29, 1.82) is 0 Å². The molecule has 0 aromatic rings. The van der Waals surface area contributed by atoms with Crippen LogP contribution in [0.25, 0.3) is 0 Å². The average Bonchev–Trinajstić information content (AvgIpc) is 2.99. The summed E-state index contributed by atoms with van der Waals surface area (Å²) in [6, 6.07) is 0. The van der Waals surface area contributed by atoms with Gasteiger partial charge >= 0.3 is 0 Å². The van der Waals surface area contributed by atoms with Crippen LogP contribution in [0.5, 0.6) is 0 Å². The molecule has 4 heteroatoms. The number of ketones is 1. The van der Waals surface area contributed by atoms with Crippen LogP contribution in [0.1, 0.15) is 72.1 Å². The van der Waals surface area contributed by atoms with Crippen molar-refractivity contribution in [2.75, 3.05) is 13.2 Å². The number of hydrogen-bond donors (Lipinski definition) is 1. The molecule has 3 saturated carbocycles. The van der Waals surface area contributed by atoms with E-state index < -0.39 is 0 Å². The molecule has 4 nitrogen and oxygen atoms in total. The number of nitrogens with two attached hydrogens (primary N) is 1. The minimum Gasteiger partial charge on any atom is -0.394 e. The number of Topliss-reactive ketones (excluding diaryl/α,β-unsaturated/α-hetero) is 1. The molecule has 3 fully saturated rings. The zero-order valence-corrected chi connectivity index (χ0v) is 17.3. The maximum absolute atomic E-state index is 12.3. The number of allylic oxidation sites excluding steroid dienone is 2. The Morgan fingerprint density at radius 3 is 2.74 bits per heavy atom. The SMILES string of the molecule is CC(=O)[C@H]1CC[C@H]2[C@@H]3CCC4=C/C(=N/OCCN)CC[C@]4(C)[C@H]3CC[C@]12C. The van der Waals surface area contributed by atoms with Crippen molar-refractivity contribution < 1.29 is 9.63 Å². The first-order valence-corrected chi connectivity index (χ1v) is 11.0. The molecule has 0 aromatic carbocycles. The third kappa shape index (κ3) is 2.99. The third-order valence-electron chi connectivity index (χ3n) is 8.86. The second-order valence-corrected chi connectivity index (χ2v) is 9.99. The van der Waals surface area contributed by atoms with Crippen LogP contribution in [-0.4, -0.2) is 24.6 Å². The van der Waals surface area contributed by atoms with Gasteiger partial charge in [0.25, 0.3) is 0 Å². The Balaban J connectivity index is 1.57. The lowest BCUT2D eigenvalue weighted by Crippen LogP contribution is -2.51. The molecular weight excluding hydrogens is 336 g/mol. The predicted octanol–water partition coefficient (Wildman–Crippen LogP) is 4.49. The van der Waals surface area contributed by atoms with Gasteiger partial charge in [0.15, 0.2) is 0 Å². The van der Waals surface area contributed by atoms with Crippen molar-refractivity contribution in [3.63, 3.8) is 0 Å². The second-order valence-electron chi connectivity index (χ2n) is 9.99. The molecule has 4 rings (SSSR count). The monoisotopic (exact) mass is 372 g/mol. The van der Waals surface area contributed by atoms with Gasteiger partial charge in [-0.15, -0.1) is 0 Å². The van der Waals surface area contributed by atoms with Crippen LogP contribution in [0.15, 0.2) is 16.8 Å². The Morgan fingerprint density at radius 2 is 2.00 bits per heavy atom. The molecule has 0 bridgehead atoms. The van der Waals surface area contributed by atoms with Crippen molar-refractivity contribution in [3.05, 3.63) is 11.6 Å². The van der Waals surface area contributed by atoms with Crippen molar-refractivity contribution in [3.8, 4) is 0 Å². The summed E-state index contributed by atoms with van der Waals surface area (Å²) in [5.41, 5.74) is 8.74. The summed E-state index contributed by atoms with van der Waals surface area (Å²) in [5.74, 6) is 3.04. The van der Waals surface area contributed by atoms with Gasteiger partial charge in [0.05, 0.1) is 5.71 Å². The number of fused-ring (bicyclic) bond motifs is 5. The molecule has 0 heterocycles. The highest BCUT2D eigenvalue weighted by Crippen LogP contribution is 2.66. The van der Waals surface area contributed by atoms with E-state index in [1.807, 2.05) is 6.92 Å². The highest BCUT2D eigenvalue weighted by atomic mass is 16.6. The van der Waals surface area contributed by atoms with Crippen molar-refractivity contribution in [1.82, 2.24) is 0 Å². The molecule has 6 atom stereocenters. The summed E-state index contributed by atoms with van der Waals surface area (Å²) < 4.78 is 0. The van der Waals surface area contributed by atoms with E-state index in [2.05, 4.69) is 25.1 Å². The number of nitrogens with zero attached hydrogens (tertiary/aromatic N) is 1. The molecule has 0 spiro atoms. The van der Waals surface area contributed by atoms with Gasteiger partial charge < -0.3 is 10.6 Å². The van der Waals surface area contributed by atoms with Crippen molar-refractivity contribution >= 4 is 11.5 Å². The van der Waals surface area contributed by atoms with E-state index in [4.69, 9.17) is 10.6 Å². The first kappa shape index (κ1) is 19.2. The summed E-state index contributed by atoms with van der Waals surface area (Å²) in [4.78, 5) is 17.6. The lowest BCUT2D eigenvalue weighted by molar-refractivity contribution is -0.127. The molecule has 0 saturated heterocycles. The standard InChI is InChI=1S/C23H36N2O2/c1-15(26)19-6-7-20-18-5-4-16-14-17(25-27-13-12-24)8-10-22(16,2)21(18)9-11-23(19,20)3/h14,18-21H,4-13,24H2,1-3H3/b25-17+/t18-,19+,20-,21-,22-,23+/m0/s1. The smallest absolute Gasteiger partial charge is 0.133 e. The number of oxime groups is 1. The summed E-state index contributed by atoms with van der Waals surface area (Å²) in [6.45, 7) is 7.76. The largest absolute Gasteiger partial charge is 0.394 e. The van der Waals surface area contributed by atoms with E-state index in [0.29, 0.717) is 30.3 Å². The number of carbonyl (C=O) groups is 1. The Labute approximate surface area is 164 Å². The molecule has 0 amide bonds. The average molecular weight is 373 g/mol. The fraction of sp³-hybridized carbons (Fsp3) is 0.826. The zero-order valence-electron chi connectivity index (χ0n) is 17.3. The minimum atomic E-state index is 0.252. The van der Waals surface area contributed by atoms with Gasteiger partial charge in [0.2, 0.25) is 0 Å². The van der Waals surface area contributed by atoms with Gasteiger partial charge in [-0.2, -0.15) is 0 Å². The van der Waals surface area contributed by atoms with Crippen LogP contribution in [0.4, 0.5) is 0 Å². The molecule has 4 aliphatic carbocycles. The normalized spacial score (nSPS) is 44.9. The summed E-state index contributed by atoms with van der Waals surface area (Å²) in [5, 5.41) is 4.32. The van der Waals surface area contributed by atoms with Crippen LogP contribution >= 0.6 is 0 Å². The maximum atomic E-state index is 12.3. The number of rotatable bonds is 4. The quantitative estimate of drug-likeness (QED) is 0.584. The maximum Gasteiger partial charge on any atom is 0.133 e. The predicted molar refractivity (Wildman–Crippen MR) is 108 cm³/mol.